The van der Waals surface area contributed by atoms with E-state index in [2.05, 4.69) is 31.1 Å². The van der Waals surface area contributed by atoms with Gasteiger partial charge in [-0.25, -0.2) is 0 Å². The van der Waals surface area contributed by atoms with Gasteiger partial charge in [0, 0.05) is 26.2 Å². The van der Waals surface area contributed by atoms with Crippen LogP contribution in [0.25, 0.3) is 0 Å². The Morgan fingerprint density at radius 3 is 2.38 bits per heavy atom. The molecule has 3 nitrogen and oxygen atoms in total. The Morgan fingerprint density at radius 2 is 2.00 bits per heavy atom. The highest BCUT2D eigenvalue weighted by Crippen LogP contribution is 2.02. The van der Waals surface area contributed by atoms with Gasteiger partial charge in [0.05, 0.1) is 6.61 Å². The molecule has 0 saturated carbocycles. The summed E-state index contributed by atoms with van der Waals surface area (Å²) in [5, 5.41) is 3.33. The Hall–Kier alpha value is -0.120. The molecule has 0 heterocycles. The molecule has 80 valence electrons. The number of likely N-dealkylation sites (N-methyl/N-ethyl adjacent to an activating group) is 2. The summed E-state index contributed by atoms with van der Waals surface area (Å²) in [6.07, 6.45) is 0. The van der Waals surface area contributed by atoms with Crippen LogP contribution in [0.15, 0.2) is 0 Å². The van der Waals surface area contributed by atoms with Crippen molar-refractivity contribution in [1.82, 2.24) is 10.2 Å². The van der Waals surface area contributed by atoms with Gasteiger partial charge in [0.15, 0.2) is 0 Å². The van der Waals surface area contributed by atoms with Crippen LogP contribution >= 0.6 is 0 Å². The van der Waals surface area contributed by atoms with Crippen molar-refractivity contribution in [1.29, 1.82) is 0 Å². The molecule has 0 radical (unpaired) electrons. The van der Waals surface area contributed by atoms with Crippen LogP contribution in [0.2, 0.25) is 0 Å². The molecule has 0 aromatic heterocycles. The maximum absolute atomic E-state index is 5.03. The second-order valence-electron chi connectivity index (χ2n) is 3.89. The average Bonchev–Trinajstić information content (AvgIpc) is 2.10. The smallest absolute Gasteiger partial charge is 0.0589 e. The largest absolute Gasteiger partial charge is 0.383 e. The minimum Gasteiger partial charge on any atom is -0.383 e. The van der Waals surface area contributed by atoms with Gasteiger partial charge in [-0.15, -0.1) is 0 Å². The number of nitrogens with zero attached hydrogens (tertiary/aromatic N) is 1. The number of nitrogens with one attached hydrogen (secondary N) is 1. The van der Waals surface area contributed by atoms with Crippen molar-refractivity contribution in [2.24, 2.45) is 5.92 Å². The predicted octanol–water partition coefficient (Wildman–Crippen LogP) is 0.809. The van der Waals surface area contributed by atoms with E-state index in [1.165, 1.54) is 0 Å². The van der Waals surface area contributed by atoms with Crippen LogP contribution < -0.4 is 5.32 Å². The van der Waals surface area contributed by atoms with Gasteiger partial charge in [-0.2, -0.15) is 0 Å². The lowest BCUT2D eigenvalue weighted by molar-refractivity contribution is 0.151. The Bertz CT molecular complexity index is 117. The molecule has 0 aliphatic rings. The van der Waals surface area contributed by atoms with E-state index in [0.717, 1.165) is 19.7 Å². The lowest BCUT2D eigenvalue weighted by Gasteiger charge is -2.26. The monoisotopic (exact) mass is 188 g/mol. The first-order chi connectivity index (χ1) is 6.11. The molecule has 0 saturated heterocycles. The van der Waals surface area contributed by atoms with Gasteiger partial charge >= 0.3 is 0 Å². The topological polar surface area (TPSA) is 24.5 Å². The second kappa shape index (κ2) is 7.30. The molecule has 0 spiro atoms. The summed E-state index contributed by atoms with van der Waals surface area (Å²) in [6.45, 7) is 7.38. The first-order valence-corrected chi connectivity index (χ1v) is 4.96. The first kappa shape index (κ1) is 12.9. The second-order valence-corrected chi connectivity index (χ2v) is 3.89. The number of rotatable bonds is 7. The third-order valence-electron chi connectivity index (χ3n) is 2.36. The highest BCUT2D eigenvalue weighted by atomic mass is 16.5. The van der Waals surface area contributed by atoms with E-state index in [1.54, 1.807) is 7.11 Å². The van der Waals surface area contributed by atoms with Gasteiger partial charge in [0.1, 0.15) is 0 Å². The fourth-order valence-corrected chi connectivity index (χ4v) is 1.31. The minimum absolute atomic E-state index is 0.571. The van der Waals surface area contributed by atoms with Crippen LogP contribution in [0.3, 0.4) is 0 Å². The highest BCUT2D eigenvalue weighted by molar-refractivity contribution is 4.71. The Labute approximate surface area is 82.4 Å². The van der Waals surface area contributed by atoms with E-state index >= 15 is 0 Å². The van der Waals surface area contributed by atoms with Crippen molar-refractivity contribution < 1.29 is 4.74 Å². The third-order valence-corrected chi connectivity index (χ3v) is 2.36. The fourth-order valence-electron chi connectivity index (χ4n) is 1.31. The van der Waals surface area contributed by atoms with Crippen molar-refractivity contribution >= 4 is 0 Å². The normalized spacial score (nSPS) is 14.1. The van der Waals surface area contributed by atoms with E-state index < -0.39 is 0 Å². The molecule has 0 amide bonds. The molecule has 0 rings (SSSR count). The molecule has 1 atom stereocenters. The van der Waals surface area contributed by atoms with Gasteiger partial charge in [-0.05, 0) is 20.0 Å². The number of hydrogen-bond acceptors (Lipinski definition) is 3. The van der Waals surface area contributed by atoms with E-state index in [4.69, 9.17) is 4.74 Å². The molecule has 13 heavy (non-hydrogen) atoms. The zero-order valence-electron chi connectivity index (χ0n) is 9.63. The predicted molar refractivity (Wildman–Crippen MR) is 57.1 cm³/mol. The summed E-state index contributed by atoms with van der Waals surface area (Å²) in [5.41, 5.74) is 0. The molecule has 0 aromatic carbocycles. The van der Waals surface area contributed by atoms with Crippen molar-refractivity contribution in [3.63, 3.8) is 0 Å². The van der Waals surface area contributed by atoms with Crippen LogP contribution in [-0.4, -0.2) is 51.8 Å². The zero-order valence-corrected chi connectivity index (χ0v) is 9.63. The third kappa shape index (κ3) is 6.02. The van der Waals surface area contributed by atoms with E-state index in [1.807, 2.05) is 7.05 Å². The molecule has 1 unspecified atom stereocenters. The standard InChI is InChI=1S/C10H24N2O/c1-9(2)10(11-3)8-12(4)6-7-13-5/h9-11H,6-8H2,1-5H3. The van der Waals surface area contributed by atoms with Crippen LogP contribution in [0.5, 0.6) is 0 Å². The average molecular weight is 188 g/mol. The maximum Gasteiger partial charge on any atom is 0.0589 e. The van der Waals surface area contributed by atoms with Crippen molar-refractivity contribution in [2.75, 3.05) is 40.9 Å². The van der Waals surface area contributed by atoms with Crippen molar-refractivity contribution in [2.45, 2.75) is 19.9 Å². The van der Waals surface area contributed by atoms with Crippen LogP contribution in [-0.2, 0) is 4.74 Å². The van der Waals surface area contributed by atoms with E-state index in [0.29, 0.717) is 12.0 Å². The SMILES string of the molecule is CNC(CN(C)CCOC)C(C)C. The summed E-state index contributed by atoms with van der Waals surface area (Å²) in [5.74, 6) is 0.676. The van der Waals surface area contributed by atoms with Gasteiger partial charge in [-0.3, -0.25) is 0 Å². The highest BCUT2D eigenvalue weighted by Gasteiger charge is 2.12. The fraction of sp³-hybridized carbons (Fsp3) is 1.00. The quantitative estimate of drug-likeness (QED) is 0.640. The van der Waals surface area contributed by atoms with Gasteiger partial charge in [-0.1, -0.05) is 13.8 Å². The molecule has 0 aliphatic carbocycles. The molecule has 0 fully saturated rings. The number of hydrogen-bond donors (Lipinski definition) is 1. The van der Waals surface area contributed by atoms with E-state index in [-0.39, 0.29) is 0 Å². The summed E-state index contributed by atoms with van der Waals surface area (Å²) in [7, 11) is 5.90. The molecule has 0 bridgehead atoms. The molecular formula is C10H24N2O. The minimum atomic E-state index is 0.571. The summed E-state index contributed by atoms with van der Waals surface area (Å²) in [6, 6.07) is 0.571. The molecule has 0 aromatic rings. The Kier molecular flexibility index (Phi) is 7.23. The lowest BCUT2D eigenvalue weighted by Crippen LogP contribution is -2.42. The molecular weight excluding hydrogens is 164 g/mol. The van der Waals surface area contributed by atoms with Crippen molar-refractivity contribution in [3.8, 4) is 0 Å². The van der Waals surface area contributed by atoms with Gasteiger partial charge in [0.2, 0.25) is 0 Å². The first-order valence-electron chi connectivity index (χ1n) is 4.96. The van der Waals surface area contributed by atoms with E-state index in [9.17, 15) is 0 Å². The van der Waals surface area contributed by atoms with Crippen LogP contribution in [0.1, 0.15) is 13.8 Å². The zero-order chi connectivity index (χ0) is 10.3. The molecule has 3 heteroatoms. The Morgan fingerprint density at radius 1 is 1.38 bits per heavy atom. The van der Waals surface area contributed by atoms with Gasteiger partial charge in [0.25, 0.3) is 0 Å². The maximum atomic E-state index is 5.03. The lowest BCUT2D eigenvalue weighted by atomic mass is 10.0. The van der Waals surface area contributed by atoms with Crippen LogP contribution in [0, 0.1) is 5.92 Å². The summed E-state index contributed by atoms with van der Waals surface area (Å²) < 4.78 is 5.03. The Balaban J connectivity index is 3.66. The number of methoxy groups -OCH3 is 1. The molecule has 1 N–H and O–H groups in total. The number of ether oxygens (including phenoxy) is 1. The van der Waals surface area contributed by atoms with Crippen molar-refractivity contribution in [3.05, 3.63) is 0 Å². The summed E-state index contributed by atoms with van der Waals surface area (Å²) >= 11 is 0. The van der Waals surface area contributed by atoms with Crippen LogP contribution in [0.4, 0.5) is 0 Å². The molecule has 0 aliphatic heterocycles. The van der Waals surface area contributed by atoms with Gasteiger partial charge < -0.3 is 15.0 Å². The summed E-state index contributed by atoms with van der Waals surface area (Å²) in [4.78, 5) is 2.30.